The topological polar surface area (TPSA) is 64.3 Å². The average Bonchev–Trinajstić information content (AvgIpc) is 2.78. The van der Waals surface area contributed by atoms with E-state index in [0.717, 1.165) is 36.9 Å². The summed E-state index contributed by atoms with van der Waals surface area (Å²) in [6.45, 7) is 5.76. The number of carboxylic acids is 1. The van der Waals surface area contributed by atoms with Crippen LogP contribution in [0.25, 0.3) is 0 Å². The summed E-state index contributed by atoms with van der Waals surface area (Å²) in [5, 5.41) is 9.59. The molecule has 1 aliphatic rings. The Morgan fingerprint density at radius 1 is 1.63 bits per heavy atom. The van der Waals surface area contributed by atoms with Crippen molar-refractivity contribution < 1.29 is 14.6 Å². The third kappa shape index (κ3) is 3.73. The molecule has 1 aliphatic heterocycles. The first-order valence-corrected chi connectivity index (χ1v) is 7.54. The highest BCUT2D eigenvalue weighted by atomic mass is 32.2. The Balaban J connectivity index is 2.10. The van der Waals surface area contributed by atoms with Gasteiger partial charge < -0.3 is 14.4 Å². The summed E-state index contributed by atoms with van der Waals surface area (Å²) in [4.78, 5) is 15.1. The average molecular weight is 284 g/mol. The highest BCUT2D eigenvalue weighted by molar-refractivity contribution is 7.99. The molecule has 0 bridgehead atoms. The van der Waals surface area contributed by atoms with Crippen molar-refractivity contribution in [3.63, 3.8) is 0 Å². The second kappa shape index (κ2) is 6.43. The van der Waals surface area contributed by atoms with Crippen LogP contribution < -0.4 is 0 Å². The number of carboxylic acid groups (broad SMARTS) is 1. The van der Waals surface area contributed by atoms with Gasteiger partial charge in [-0.15, -0.1) is 0 Å². The molecule has 1 unspecified atom stereocenters. The molecular formula is C13H20N2O3S. The minimum absolute atomic E-state index is 0.0525. The third-order valence-corrected chi connectivity index (χ3v) is 4.48. The second-order valence-electron chi connectivity index (χ2n) is 4.94. The van der Waals surface area contributed by atoms with Crippen molar-refractivity contribution in [2.75, 3.05) is 19.0 Å². The number of thioether (sulfide) groups is 1. The van der Waals surface area contributed by atoms with E-state index in [1.54, 1.807) is 0 Å². The summed E-state index contributed by atoms with van der Waals surface area (Å²) in [5.41, 5.74) is 0.937. The van der Waals surface area contributed by atoms with Crippen molar-refractivity contribution in [1.82, 2.24) is 9.55 Å². The lowest BCUT2D eigenvalue weighted by atomic mass is 9.93. The number of hydrogen-bond acceptors (Lipinski definition) is 4. The molecule has 1 N–H and O–H groups in total. The highest BCUT2D eigenvalue weighted by Gasteiger charge is 2.24. The highest BCUT2D eigenvalue weighted by Crippen LogP contribution is 2.31. The number of ether oxygens (including phenoxy) is 1. The van der Waals surface area contributed by atoms with Crippen LogP contribution >= 0.6 is 11.8 Å². The molecule has 106 valence electrons. The van der Waals surface area contributed by atoms with Crippen LogP contribution in [0.2, 0.25) is 0 Å². The van der Waals surface area contributed by atoms with Gasteiger partial charge in [-0.3, -0.25) is 4.79 Å². The van der Waals surface area contributed by atoms with Gasteiger partial charge in [0.1, 0.15) is 0 Å². The van der Waals surface area contributed by atoms with Crippen molar-refractivity contribution in [1.29, 1.82) is 0 Å². The molecule has 5 nitrogen and oxygen atoms in total. The van der Waals surface area contributed by atoms with Crippen LogP contribution in [0.4, 0.5) is 0 Å². The summed E-state index contributed by atoms with van der Waals surface area (Å²) in [7, 11) is 0. The van der Waals surface area contributed by atoms with Gasteiger partial charge >= 0.3 is 5.97 Å². The van der Waals surface area contributed by atoms with E-state index in [1.807, 2.05) is 13.1 Å². The maximum Gasteiger partial charge on any atom is 0.313 e. The summed E-state index contributed by atoms with van der Waals surface area (Å²) in [6, 6.07) is 0.335. The van der Waals surface area contributed by atoms with E-state index in [4.69, 9.17) is 9.84 Å². The van der Waals surface area contributed by atoms with Crippen molar-refractivity contribution in [2.24, 2.45) is 5.92 Å². The largest absolute Gasteiger partial charge is 0.481 e. The molecule has 0 amide bonds. The van der Waals surface area contributed by atoms with Crippen molar-refractivity contribution in [3.05, 3.63) is 11.9 Å². The molecule has 1 aromatic heterocycles. The van der Waals surface area contributed by atoms with Gasteiger partial charge in [-0.05, 0) is 32.6 Å². The number of aromatic nitrogens is 2. The lowest BCUT2D eigenvalue weighted by Crippen LogP contribution is -2.24. The van der Waals surface area contributed by atoms with Gasteiger partial charge in [0.25, 0.3) is 0 Å². The predicted molar refractivity (Wildman–Crippen MR) is 73.6 cm³/mol. The Bertz CT molecular complexity index is 441. The van der Waals surface area contributed by atoms with Gasteiger partial charge in [-0.2, -0.15) is 0 Å². The first-order valence-electron chi connectivity index (χ1n) is 6.55. The Labute approximate surface area is 117 Å². The molecule has 0 aliphatic carbocycles. The number of rotatable bonds is 5. The third-order valence-electron chi connectivity index (χ3n) is 3.53. The van der Waals surface area contributed by atoms with Crippen LogP contribution in [0.1, 0.15) is 31.5 Å². The summed E-state index contributed by atoms with van der Waals surface area (Å²) < 4.78 is 7.52. The Morgan fingerprint density at radius 2 is 2.32 bits per heavy atom. The normalized spacial score (nSPS) is 18.4. The minimum atomic E-state index is -0.809. The zero-order valence-electron chi connectivity index (χ0n) is 11.3. The fourth-order valence-electron chi connectivity index (χ4n) is 2.44. The molecule has 2 heterocycles. The number of imidazole rings is 1. The number of nitrogens with zero attached hydrogens (tertiary/aromatic N) is 2. The predicted octanol–water partition coefficient (Wildman–Crippen LogP) is 2.36. The van der Waals surface area contributed by atoms with E-state index in [-0.39, 0.29) is 5.75 Å². The smallest absolute Gasteiger partial charge is 0.313 e. The Morgan fingerprint density at radius 3 is 2.95 bits per heavy atom. The molecule has 19 heavy (non-hydrogen) atoms. The van der Waals surface area contributed by atoms with Gasteiger partial charge in [-0.25, -0.2) is 4.98 Å². The lowest BCUT2D eigenvalue weighted by Gasteiger charge is -2.29. The van der Waals surface area contributed by atoms with Crippen molar-refractivity contribution in [2.45, 2.75) is 37.9 Å². The molecule has 0 spiro atoms. The first-order chi connectivity index (χ1) is 9.08. The van der Waals surface area contributed by atoms with E-state index in [2.05, 4.69) is 16.5 Å². The Hall–Kier alpha value is -1.01. The summed E-state index contributed by atoms with van der Waals surface area (Å²) in [5.74, 6) is -0.181. The zero-order valence-corrected chi connectivity index (χ0v) is 12.2. The van der Waals surface area contributed by atoms with Gasteiger partial charge in [0.15, 0.2) is 5.16 Å². The number of hydrogen-bond donors (Lipinski definition) is 1. The maximum absolute atomic E-state index is 10.7. The monoisotopic (exact) mass is 284 g/mol. The van der Waals surface area contributed by atoms with E-state index in [1.165, 1.54) is 11.8 Å². The Kier molecular flexibility index (Phi) is 4.87. The van der Waals surface area contributed by atoms with Gasteiger partial charge in [0, 0.05) is 25.5 Å². The van der Waals surface area contributed by atoms with Crippen molar-refractivity contribution in [3.8, 4) is 0 Å². The van der Waals surface area contributed by atoms with Crippen molar-refractivity contribution >= 4 is 17.7 Å². The SMILES string of the molecule is Cc1cn(C(C)C2CCOCC2)c(SCC(=O)O)n1. The standard InChI is InChI=1S/C13H20N2O3S/c1-9-7-15(13(14-9)19-8-12(16)17)10(2)11-3-5-18-6-4-11/h7,10-11H,3-6,8H2,1-2H3,(H,16,17). The molecular weight excluding hydrogens is 264 g/mol. The number of aliphatic carboxylic acids is 1. The fraction of sp³-hybridized carbons (Fsp3) is 0.692. The first kappa shape index (κ1) is 14.4. The summed E-state index contributed by atoms with van der Waals surface area (Å²) in [6.07, 6.45) is 4.13. The van der Waals surface area contributed by atoms with Crippen LogP contribution in [0.5, 0.6) is 0 Å². The zero-order chi connectivity index (χ0) is 13.8. The molecule has 1 fully saturated rings. The van der Waals surface area contributed by atoms with Crippen LogP contribution in [0, 0.1) is 12.8 Å². The van der Waals surface area contributed by atoms with Crippen LogP contribution in [-0.4, -0.2) is 39.6 Å². The molecule has 1 aromatic rings. The second-order valence-corrected chi connectivity index (χ2v) is 5.89. The fourth-order valence-corrected chi connectivity index (χ4v) is 3.27. The van der Waals surface area contributed by atoms with Crippen LogP contribution in [-0.2, 0) is 9.53 Å². The molecule has 1 atom stereocenters. The molecule has 0 radical (unpaired) electrons. The molecule has 0 saturated carbocycles. The molecule has 1 saturated heterocycles. The number of carbonyl (C=O) groups is 1. The van der Waals surface area contributed by atoms with E-state index in [0.29, 0.717) is 12.0 Å². The quantitative estimate of drug-likeness (QED) is 0.841. The van der Waals surface area contributed by atoms with Gasteiger partial charge in [0.2, 0.25) is 0 Å². The maximum atomic E-state index is 10.7. The molecule has 6 heteroatoms. The van der Waals surface area contributed by atoms with Gasteiger partial charge in [-0.1, -0.05) is 11.8 Å². The van der Waals surface area contributed by atoms with Crippen LogP contribution in [0.15, 0.2) is 11.4 Å². The van der Waals surface area contributed by atoms with E-state index < -0.39 is 5.97 Å². The van der Waals surface area contributed by atoms with E-state index in [9.17, 15) is 4.79 Å². The molecule has 0 aromatic carbocycles. The minimum Gasteiger partial charge on any atom is -0.481 e. The van der Waals surface area contributed by atoms with Crippen LogP contribution in [0.3, 0.4) is 0 Å². The summed E-state index contributed by atoms with van der Waals surface area (Å²) >= 11 is 1.29. The van der Waals surface area contributed by atoms with Gasteiger partial charge in [0.05, 0.1) is 11.4 Å². The van der Waals surface area contributed by atoms with E-state index >= 15 is 0 Å². The lowest BCUT2D eigenvalue weighted by molar-refractivity contribution is -0.133. The number of aryl methyl sites for hydroxylation is 1. The molecule has 2 rings (SSSR count).